The number of benzene rings is 2. The predicted octanol–water partition coefficient (Wildman–Crippen LogP) is 4.04. The van der Waals surface area contributed by atoms with E-state index in [0.717, 1.165) is 11.1 Å². The van der Waals surface area contributed by atoms with Crippen LogP contribution in [0.1, 0.15) is 24.1 Å². The van der Waals surface area contributed by atoms with Gasteiger partial charge >= 0.3 is 0 Å². The zero-order chi connectivity index (χ0) is 13.8. The van der Waals surface area contributed by atoms with Crippen molar-refractivity contribution in [3.63, 3.8) is 0 Å². The van der Waals surface area contributed by atoms with Gasteiger partial charge in [-0.25, -0.2) is 4.39 Å². The Balaban J connectivity index is 2.02. The number of aromatic hydroxyl groups is 1. The fourth-order valence-electron chi connectivity index (χ4n) is 1.83. The van der Waals surface area contributed by atoms with E-state index < -0.39 is 0 Å². The van der Waals surface area contributed by atoms with Crippen molar-refractivity contribution in [1.29, 1.82) is 0 Å². The van der Waals surface area contributed by atoms with Gasteiger partial charge in [0.1, 0.15) is 11.6 Å². The molecule has 0 aliphatic carbocycles. The summed E-state index contributed by atoms with van der Waals surface area (Å²) in [7, 11) is 0. The highest BCUT2D eigenvalue weighted by atomic mass is 35.5. The molecule has 2 nitrogen and oxygen atoms in total. The van der Waals surface area contributed by atoms with Crippen molar-refractivity contribution < 1.29 is 9.50 Å². The van der Waals surface area contributed by atoms with Gasteiger partial charge in [-0.1, -0.05) is 23.7 Å². The van der Waals surface area contributed by atoms with Gasteiger partial charge in [-0.2, -0.15) is 0 Å². The van der Waals surface area contributed by atoms with Crippen LogP contribution in [-0.4, -0.2) is 5.11 Å². The Kier molecular flexibility index (Phi) is 4.40. The molecule has 0 aliphatic rings. The summed E-state index contributed by atoms with van der Waals surface area (Å²) >= 11 is 5.89. The average molecular weight is 280 g/mol. The van der Waals surface area contributed by atoms with Crippen LogP contribution in [0.4, 0.5) is 4.39 Å². The molecule has 0 saturated carbocycles. The number of phenols is 1. The molecule has 0 amide bonds. The quantitative estimate of drug-likeness (QED) is 0.885. The number of hydrogen-bond donors (Lipinski definition) is 2. The Hall–Kier alpha value is -1.58. The van der Waals surface area contributed by atoms with Gasteiger partial charge < -0.3 is 10.4 Å². The zero-order valence-corrected chi connectivity index (χ0v) is 11.3. The minimum Gasteiger partial charge on any atom is -0.508 e. The first-order valence-electron chi connectivity index (χ1n) is 6.02. The number of hydrogen-bond acceptors (Lipinski definition) is 2. The molecule has 2 aromatic rings. The summed E-state index contributed by atoms with van der Waals surface area (Å²) in [5, 5.41) is 13.6. The molecule has 2 rings (SSSR count). The molecule has 0 aromatic heterocycles. The van der Waals surface area contributed by atoms with Crippen LogP contribution >= 0.6 is 11.6 Å². The van der Waals surface area contributed by atoms with Crippen LogP contribution in [0.5, 0.6) is 5.75 Å². The highest BCUT2D eigenvalue weighted by molar-refractivity contribution is 6.30. The van der Waals surface area contributed by atoms with E-state index in [0.29, 0.717) is 11.6 Å². The summed E-state index contributed by atoms with van der Waals surface area (Å²) in [5.74, 6) is -0.0355. The molecule has 2 N–H and O–H groups in total. The Morgan fingerprint density at radius 1 is 1.21 bits per heavy atom. The smallest absolute Gasteiger partial charge is 0.123 e. The van der Waals surface area contributed by atoms with E-state index in [1.807, 2.05) is 6.92 Å². The lowest BCUT2D eigenvalue weighted by Gasteiger charge is -2.15. The van der Waals surface area contributed by atoms with Crippen molar-refractivity contribution in [3.05, 3.63) is 64.4 Å². The largest absolute Gasteiger partial charge is 0.508 e. The van der Waals surface area contributed by atoms with Gasteiger partial charge in [0.2, 0.25) is 0 Å². The van der Waals surface area contributed by atoms with Gasteiger partial charge in [0, 0.05) is 23.2 Å². The Morgan fingerprint density at radius 3 is 2.58 bits per heavy atom. The van der Waals surface area contributed by atoms with Crippen LogP contribution in [0.2, 0.25) is 5.02 Å². The number of halogens is 2. The summed E-state index contributed by atoms with van der Waals surface area (Å²) < 4.78 is 12.8. The van der Waals surface area contributed by atoms with Crippen LogP contribution in [0.15, 0.2) is 42.5 Å². The fraction of sp³-hybridized carbons (Fsp3) is 0.200. The first kappa shape index (κ1) is 13.8. The lowest BCUT2D eigenvalue weighted by atomic mass is 10.1. The summed E-state index contributed by atoms with van der Waals surface area (Å²) in [6.45, 7) is 2.47. The van der Waals surface area contributed by atoms with Crippen LogP contribution in [0.25, 0.3) is 0 Å². The van der Waals surface area contributed by atoms with Crippen LogP contribution < -0.4 is 5.32 Å². The molecule has 4 heteroatoms. The van der Waals surface area contributed by atoms with Crippen molar-refractivity contribution in [1.82, 2.24) is 5.32 Å². The topological polar surface area (TPSA) is 32.3 Å². The van der Waals surface area contributed by atoms with Crippen LogP contribution in [0.3, 0.4) is 0 Å². The van der Waals surface area contributed by atoms with E-state index in [4.69, 9.17) is 11.6 Å². The first-order valence-corrected chi connectivity index (χ1v) is 6.40. The van der Waals surface area contributed by atoms with Gasteiger partial charge in [0.05, 0.1) is 0 Å². The second kappa shape index (κ2) is 6.04. The summed E-state index contributed by atoms with van der Waals surface area (Å²) in [5.41, 5.74) is 1.73. The first-order chi connectivity index (χ1) is 9.06. The molecule has 0 radical (unpaired) electrons. The molecule has 0 heterocycles. The molecule has 0 fully saturated rings. The van der Waals surface area contributed by atoms with E-state index in [1.165, 1.54) is 12.1 Å². The third-order valence-electron chi connectivity index (χ3n) is 3.01. The van der Waals surface area contributed by atoms with Gasteiger partial charge in [-0.3, -0.25) is 0 Å². The molecular formula is C15H15ClFNO. The minimum absolute atomic E-state index is 0.0546. The highest BCUT2D eigenvalue weighted by Crippen LogP contribution is 2.22. The molecule has 19 heavy (non-hydrogen) atoms. The summed E-state index contributed by atoms with van der Waals surface area (Å²) in [6.07, 6.45) is 0. The lowest BCUT2D eigenvalue weighted by molar-refractivity contribution is 0.460. The van der Waals surface area contributed by atoms with Crippen molar-refractivity contribution in [2.75, 3.05) is 0 Å². The van der Waals surface area contributed by atoms with Gasteiger partial charge in [0.15, 0.2) is 0 Å². The highest BCUT2D eigenvalue weighted by Gasteiger charge is 2.07. The van der Waals surface area contributed by atoms with Crippen LogP contribution in [-0.2, 0) is 6.54 Å². The molecule has 0 unspecified atom stereocenters. The minimum atomic E-state index is -0.247. The van der Waals surface area contributed by atoms with Gasteiger partial charge in [-0.15, -0.1) is 0 Å². The molecule has 0 spiro atoms. The average Bonchev–Trinajstić information content (AvgIpc) is 2.40. The summed E-state index contributed by atoms with van der Waals surface area (Å²) in [6, 6.07) is 11.3. The van der Waals surface area contributed by atoms with Crippen molar-refractivity contribution in [3.8, 4) is 5.75 Å². The maximum Gasteiger partial charge on any atom is 0.123 e. The molecule has 2 aromatic carbocycles. The SMILES string of the molecule is C[C@H](NCc1cc(Cl)ccc1O)c1ccc(F)cc1. The molecular weight excluding hydrogens is 265 g/mol. The normalized spacial score (nSPS) is 12.4. The maximum atomic E-state index is 12.8. The summed E-state index contributed by atoms with van der Waals surface area (Å²) in [4.78, 5) is 0. The monoisotopic (exact) mass is 279 g/mol. The second-order valence-electron chi connectivity index (χ2n) is 4.43. The van der Waals surface area contributed by atoms with E-state index >= 15 is 0 Å². The van der Waals surface area contributed by atoms with Crippen molar-refractivity contribution >= 4 is 11.6 Å². The van der Waals surface area contributed by atoms with Crippen LogP contribution in [0, 0.1) is 5.82 Å². The second-order valence-corrected chi connectivity index (χ2v) is 4.86. The van der Waals surface area contributed by atoms with Crippen molar-refractivity contribution in [2.24, 2.45) is 0 Å². The number of nitrogens with one attached hydrogen (secondary N) is 1. The Morgan fingerprint density at radius 2 is 1.89 bits per heavy atom. The lowest BCUT2D eigenvalue weighted by Crippen LogP contribution is -2.18. The van der Waals surface area contributed by atoms with E-state index in [-0.39, 0.29) is 17.6 Å². The third kappa shape index (κ3) is 3.69. The standard InChI is InChI=1S/C15H15ClFNO/c1-10(11-2-5-14(17)6-3-11)18-9-12-8-13(16)4-7-15(12)19/h2-8,10,18-19H,9H2,1H3/t10-/m0/s1. The van der Waals surface area contributed by atoms with Crippen molar-refractivity contribution in [2.45, 2.75) is 19.5 Å². The molecule has 0 aliphatic heterocycles. The molecule has 1 atom stereocenters. The third-order valence-corrected chi connectivity index (χ3v) is 3.25. The fourth-order valence-corrected chi connectivity index (χ4v) is 2.02. The molecule has 0 bridgehead atoms. The number of rotatable bonds is 4. The zero-order valence-electron chi connectivity index (χ0n) is 10.5. The predicted molar refractivity (Wildman–Crippen MR) is 74.8 cm³/mol. The molecule has 0 saturated heterocycles. The maximum absolute atomic E-state index is 12.8. The van der Waals surface area contributed by atoms with Gasteiger partial charge in [0.25, 0.3) is 0 Å². The Labute approximate surface area is 116 Å². The van der Waals surface area contributed by atoms with E-state index in [9.17, 15) is 9.50 Å². The number of phenolic OH excluding ortho intramolecular Hbond substituents is 1. The van der Waals surface area contributed by atoms with E-state index in [2.05, 4.69) is 5.32 Å². The molecule has 100 valence electrons. The Bertz CT molecular complexity index is 557. The van der Waals surface area contributed by atoms with Gasteiger partial charge in [-0.05, 0) is 42.8 Å². The van der Waals surface area contributed by atoms with E-state index in [1.54, 1.807) is 30.3 Å².